The standard InChI is InChI=1S/C20H29NO2S/c1-17-10-15-21(16-18(17)2)14-7-13-20(11-6-12-20)24(22,23)19-8-4-3-5-9-19/h3-5,8-9H,6-7,10-16H2,1-2H3. The van der Waals surface area contributed by atoms with E-state index in [1.54, 1.807) is 12.1 Å². The molecule has 1 saturated carbocycles. The molecule has 0 aromatic heterocycles. The molecule has 0 spiro atoms. The molecule has 0 bridgehead atoms. The van der Waals surface area contributed by atoms with Crippen molar-refractivity contribution >= 4 is 9.84 Å². The first-order valence-corrected chi connectivity index (χ1v) is 10.6. The minimum Gasteiger partial charge on any atom is -0.299 e. The fourth-order valence-corrected chi connectivity index (χ4v) is 6.23. The molecule has 1 fully saturated rings. The summed E-state index contributed by atoms with van der Waals surface area (Å²) in [6.07, 6.45) is 5.60. The summed E-state index contributed by atoms with van der Waals surface area (Å²) in [6, 6.07) is 9.02. The van der Waals surface area contributed by atoms with Crippen LogP contribution in [0.3, 0.4) is 0 Å². The number of hydrogen-bond donors (Lipinski definition) is 0. The smallest absolute Gasteiger partial charge is 0.184 e. The van der Waals surface area contributed by atoms with Crippen LogP contribution < -0.4 is 0 Å². The molecule has 2 aliphatic rings. The lowest BCUT2D eigenvalue weighted by molar-refractivity contribution is 0.251. The Bertz CT molecular complexity index is 702. The van der Waals surface area contributed by atoms with Gasteiger partial charge in [0.05, 0.1) is 9.64 Å². The van der Waals surface area contributed by atoms with Crippen molar-refractivity contribution in [2.45, 2.75) is 62.0 Å². The van der Waals surface area contributed by atoms with Crippen molar-refractivity contribution in [2.24, 2.45) is 0 Å². The second-order valence-electron chi connectivity index (χ2n) is 7.54. The lowest BCUT2D eigenvalue weighted by atomic mass is 9.81. The van der Waals surface area contributed by atoms with Crippen molar-refractivity contribution in [3.05, 3.63) is 41.5 Å². The molecule has 0 N–H and O–H groups in total. The molecule has 0 amide bonds. The Kier molecular flexibility index (Phi) is 5.16. The van der Waals surface area contributed by atoms with E-state index < -0.39 is 14.6 Å². The normalized spacial score (nSPS) is 21.6. The largest absolute Gasteiger partial charge is 0.299 e. The van der Waals surface area contributed by atoms with Gasteiger partial charge in [-0.15, -0.1) is 0 Å². The second kappa shape index (κ2) is 7.01. The van der Waals surface area contributed by atoms with Gasteiger partial charge in [0, 0.05) is 13.1 Å². The predicted molar refractivity (Wildman–Crippen MR) is 98.9 cm³/mol. The van der Waals surface area contributed by atoms with E-state index in [1.165, 1.54) is 11.1 Å². The lowest BCUT2D eigenvalue weighted by Crippen LogP contribution is -2.45. The molecule has 1 heterocycles. The highest BCUT2D eigenvalue weighted by Gasteiger charge is 2.48. The van der Waals surface area contributed by atoms with Crippen LogP contribution in [0.1, 0.15) is 52.4 Å². The van der Waals surface area contributed by atoms with E-state index in [-0.39, 0.29) is 0 Å². The number of benzene rings is 1. The van der Waals surface area contributed by atoms with Gasteiger partial charge in [0.25, 0.3) is 0 Å². The van der Waals surface area contributed by atoms with Gasteiger partial charge in [0.1, 0.15) is 0 Å². The highest BCUT2D eigenvalue weighted by Crippen LogP contribution is 2.46. The first kappa shape index (κ1) is 17.7. The molecule has 4 heteroatoms. The Morgan fingerprint density at radius 2 is 1.79 bits per heavy atom. The maximum absolute atomic E-state index is 13.1. The summed E-state index contributed by atoms with van der Waals surface area (Å²) in [7, 11) is -3.21. The third-order valence-corrected chi connectivity index (χ3v) is 8.63. The average Bonchev–Trinajstić information content (AvgIpc) is 2.54. The molecule has 0 atom stereocenters. The van der Waals surface area contributed by atoms with Crippen LogP contribution >= 0.6 is 0 Å². The van der Waals surface area contributed by atoms with E-state index in [2.05, 4.69) is 18.7 Å². The van der Waals surface area contributed by atoms with Crippen LogP contribution in [-0.2, 0) is 9.84 Å². The minimum atomic E-state index is -3.21. The summed E-state index contributed by atoms with van der Waals surface area (Å²) in [6.45, 7) is 7.61. The van der Waals surface area contributed by atoms with Gasteiger partial charge in [-0.2, -0.15) is 0 Å². The van der Waals surface area contributed by atoms with Gasteiger partial charge in [-0.05, 0) is 64.6 Å². The van der Waals surface area contributed by atoms with Gasteiger partial charge >= 0.3 is 0 Å². The van der Waals surface area contributed by atoms with Crippen LogP contribution in [0.2, 0.25) is 0 Å². The molecule has 3 nitrogen and oxygen atoms in total. The molecule has 3 rings (SSSR count). The summed E-state index contributed by atoms with van der Waals surface area (Å²) < 4.78 is 25.7. The Hall–Kier alpha value is -1.13. The average molecular weight is 348 g/mol. The molecule has 132 valence electrons. The number of nitrogens with zero attached hydrogens (tertiary/aromatic N) is 1. The maximum Gasteiger partial charge on any atom is 0.184 e. The predicted octanol–water partition coefficient (Wildman–Crippen LogP) is 4.21. The zero-order valence-corrected chi connectivity index (χ0v) is 15.7. The van der Waals surface area contributed by atoms with E-state index in [0.717, 1.165) is 58.2 Å². The molecule has 0 saturated heterocycles. The third-order valence-electron chi connectivity index (χ3n) is 5.99. The van der Waals surface area contributed by atoms with E-state index in [9.17, 15) is 8.42 Å². The van der Waals surface area contributed by atoms with Crippen molar-refractivity contribution in [1.82, 2.24) is 4.90 Å². The molecular weight excluding hydrogens is 318 g/mol. The fourth-order valence-electron chi connectivity index (χ4n) is 3.98. The van der Waals surface area contributed by atoms with Gasteiger partial charge in [-0.1, -0.05) is 35.8 Å². The van der Waals surface area contributed by atoms with E-state index in [1.807, 2.05) is 18.2 Å². The van der Waals surface area contributed by atoms with Crippen molar-refractivity contribution in [2.75, 3.05) is 19.6 Å². The van der Waals surface area contributed by atoms with Crippen LogP contribution in [0.25, 0.3) is 0 Å². The topological polar surface area (TPSA) is 37.4 Å². The molecule has 1 aliphatic heterocycles. The van der Waals surface area contributed by atoms with Crippen LogP contribution in [0, 0.1) is 0 Å². The van der Waals surface area contributed by atoms with Crippen molar-refractivity contribution in [3.8, 4) is 0 Å². The highest BCUT2D eigenvalue weighted by atomic mass is 32.2. The molecule has 1 aromatic carbocycles. The van der Waals surface area contributed by atoms with Crippen molar-refractivity contribution in [3.63, 3.8) is 0 Å². The Morgan fingerprint density at radius 3 is 2.38 bits per heavy atom. The zero-order chi connectivity index (χ0) is 17.2. The van der Waals surface area contributed by atoms with Gasteiger partial charge < -0.3 is 0 Å². The quantitative estimate of drug-likeness (QED) is 0.724. The van der Waals surface area contributed by atoms with Gasteiger partial charge in [-0.3, -0.25) is 4.90 Å². The molecule has 0 unspecified atom stereocenters. The zero-order valence-electron chi connectivity index (χ0n) is 14.9. The Balaban J connectivity index is 1.63. The van der Waals surface area contributed by atoms with Crippen LogP contribution in [-0.4, -0.2) is 37.7 Å². The third kappa shape index (κ3) is 3.31. The highest BCUT2D eigenvalue weighted by molar-refractivity contribution is 7.93. The fraction of sp³-hybridized carbons (Fsp3) is 0.600. The summed E-state index contributed by atoms with van der Waals surface area (Å²) >= 11 is 0. The Labute approximate surface area is 146 Å². The summed E-state index contributed by atoms with van der Waals surface area (Å²) in [5, 5.41) is 0. The maximum atomic E-state index is 13.1. The number of hydrogen-bond acceptors (Lipinski definition) is 3. The second-order valence-corrected chi connectivity index (χ2v) is 9.89. The van der Waals surface area contributed by atoms with Crippen LogP contribution in [0.5, 0.6) is 0 Å². The minimum absolute atomic E-state index is 0.497. The summed E-state index contributed by atoms with van der Waals surface area (Å²) in [4.78, 5) is 2.97. The first-order chi connectivity index (χ1) is 11.4. The molecule has 1 aromatic rings. The molecular formula is C20H29NO2S. The summed E-state index contributed by atoms with van der Waals surface area (Å²) in [5.74, 6) is 0. The van der Waals surface area contributed by atoms with E-state index >= 15 is 0 Å². The van der Waals surface area contributed by atoms with Gasteiger partial charge in [0.15, 0.2) is 9.84 Å². The lowest BCUT2D eigenvalue weighted by Gasteiger charge is -2.41. The van der Waals surface area contributed by atoms with E-state index in [0.29, 0.717) is 4.90 Å². The number of sulfone groups is 1. The van der Waals surface area contributed by atoms with Crippen LogP contribution in [0.15, 0.2) is 46.4 Å². The Morgan fingerprint density at radius 1 is 1.08 bits per heavy atom. The molecule has 1 aliphatic carbocycles. The monoisotopic (exact) mass is 347 g/mol. The van der Waals surface area contributed by atoms with Gasteiger partial charge in [-0.25, -0.2) is 8.42 Å². The van der Waals surface area contributed by atoms with E-state index in [4.69, 9.17) is 0 Å². The van der Waals surface area contributed by atoms with Gasteiger partial charge in [0.2, 0.25) is 0 Å². The molecule has 0 radical (unpaired) electrons. The summed E-state index contributed by atoms with van der Waals surface area (Å²) in [5.41, 5.74) is 3.00. The first-order valence-electron chi connectivity index (χ1n) is 9.12. The SMILES string of the molecule is CC1=C(C)CN(CCCC2(S(=O)(=O)c3ccccc3)CCC2)CC1. The molecule has 24 heavy (non-hydrogen) atoms. The van der Waals surface area contributed by atoms with Crippen LogP contribution in [0.4, 0.5) is 0 Å². The van der Waals surface area contributed by atoms with Crippen molar-refractivity contribution in [1.29, 1.82) is 0 Å². The number of rotatable bonds is 6. The van der Waals surface area contributed by atoms with Crippen molar-refractivity contribution < 1.29 is 8.42 Å².